The Kier molecular flexibility index (Phi) is 5.09. The standard InChI is InChI=1S/C21H29O8P/c1-19-7-5-13(23)9-12(19)3-4-14-15-6-8-21(17(25)11-22,29-30(26,27)28)20(15,2)10-16(24)18(14)19/h5,7,9,14-16,18,22,24H,3-4,6,8,10-11H2,1-2H3,(H2,26,27,28)/p-2/t14-,15-,16-,18+,19-,20-,21-/m0/s1. The second-order valence-corrected chi connectivity index (χ2v) is 10.8. The number of hydrogen-bond donors (Lipinski definition) is 2. The zero-order valence-electron chi connectivity index (χ0n) is 17.1. The molecule has 7 atom stereocenters. The quantitative estimate of drug-likeness (QED) is 0.600. The van der Waals surface area contributed by atoms with E-state index in [1.54, 1.807) is 13.0 Å². The van der Waals surface area contributed by atoms with Crippen LogP contribution in [0.25, 0.3) is 0 Å². The lowest BCUT2D eigenvalue weighted by Crippen LogP contribution is -2.62. The van der Waals surface area contributed by atoms with Crippen LogP contribution in [0.4, 0.5) is 0 Å². The number of carbonyl (C=O) groups excluding carboxylic acids is 2. The van der Waals surface area contributed by atoms with Gasteiger partial charge in [-0.3, -0.25) is 9.59 Å². The normalized spacial score (nSPS) is 45.4. The molecular weight excluding hydrogens is 411 g/mol. The molecule has 4 aliphatic rings. The summed E-state index contributed by atoms with van der Waals surface area (Å²) >= 11 is 0. The van der Waals surface area contributed by atoms with Crippen LogP contribution in [0.2, 0.25) is 0 Å². The highest BCUT2D eigenvalue weighted by Gasteiger charge is 2.69. The smallest absolute Gasteiger partial charge is 0.190 e. The van der Waals surface area contributed by atoms with Gasteiger partial charge in [-0.25, -0.2) is 0 Å². The van der Waals surface area contributed by atoms with Gasteiger partial charge in [0, 0.05) is 16.7 Å². The Morgan fingerprint density at radius 1 is 1.33 bits per heavy atom. The molecular formula is C21H27O8P-2. The highest BCUT2D eigenvalue weighted by atomic mass is 31.2. The molecule has 0 amide bonds. The van der Waals surface area contributed by atoms with E-state index in [4.69, 9.17) is 4.52 Å². The Morgan fingerprint density at radius 2 is 2.03 bits per heavy atom. The van der Waals surface area contributed by atoms with Crippen LogP contribution < -0.4 is 9.79 Å². The fraction of sp³-hybridized carbons (Fsp3) is 0.714. The molecule has 30 heavy (non-hydrogen) atoms. The van der Waals surface area contributed by atoms with Gasteiger partial charge in [0.2, 0.25) is 0 Å². The van der Waals surface area contributed by atoms with Gasteiger partial charge in [-0.15, -0.1) is 0 Å². The topological polar surface area (TPSA) is 147 Å². The first-order valence-corrected chi connectivity index (χ1v) is 11.8. The molecule has 0 spiro atoms. The van der Waals surface area contributed by atoms with Gasteiger partial charge in [-0.1, -0.05) is 25.5 Å². The van der Waals surface area contributed by atoms with Gasteiger partial charge in [-0.05, 0) is 56.1 Å². The predicted molar refractivity (Wildman–Crippen MR) is 102 cm³/mol. The summed E-state index contributed by atoms with van der Waals surface area (Å²) in [5.41, 5.74) is -2.59. The van der Waals surface area contributed by atoms with Crippen molar-refractivity contribution >= 4 is 19.4 Å². The van der Waals surface area contributed by atoms with Gasteiger partial charge < -0.3 is 29.1 Å². The van der Waals surface area contributed by atoms with Crippen LogP contribution in [-0.4, -0.2) is 40.1 Å². The van der Waals surface area contributed by atoms with Gasteiger partial charge in [0.15, 0.2) is 11.6 Å². The Labute approximate surface area is 175 Å². The molecule has 0 aliphatic heterocycles. The van der Waals surface area contributed by atoms with E-state index in [0.29, 0.717) is 19.3 Å². The predicted octanol–water partition coefficient (Wildman–Crippen LogP) is 0.411. The molecule has 0 heterocycles. The lowest BCUT2D eigenvalue weighted by molar-refractivity contribution is -0.352. The third-order valence-electron chi connectivity index (χ3n) is 8.48. The van der Waals surface area contributed by atoms with Gasteiger partial charge in [-0.2, -0.15) is 0 Å². The summed E-state index contributed by atoms with van der Waals surface area (Å²) in [5.74, 6) is -1.33. The van der Waals surface area contributed by atoms with Crippen molar-refractivity contribution in [3.05, 3.63) is 23.8 Å². The van der Waals surface area contributed by atoms with Gasteiger partial charge >= 0.3 is 0 Å². The van der Waals surface area contributed by atoms with Crippen LogP contribution in [-0.2, 0) is 18.7 Å². The van der Waals surface area contributed by atoms with Crippen molar-refractivity contribution in [2.75, 3.05) is 6.61 Å². The molecule has 0 aromatic carbocycles. The summed E-state index contributed by atoms with van der Waals surface area (Å²) in [6.07, 6.45) is 5.99. The molecule has 0 aromatic rings. The van der Waals surface area contributed by atoms with Gasteiger partial charge in [0.25, 0.3) is 0 Å². The monoisotopic (exact) mass is 438 g/mol. The molecule has 0 bridgehead atoms. The van der Waals surface area contributed by atoms with E-state index in [1.165, 1.54) is 6.08 Å². The summed E-state index contributed by atoms with van der Waals surface area (Å²) in [6.45, 7) is 2.76. The van der Waals surface area contributed by atoms with Crippen LogP contribution in [0, 0.1) is 28.6 Å². The number of allylic oxidation sites excluding steroid dienone is 4. The van der Waals surface area contributed by atoms with Crippen LogP contribution >= 0.6 is 7.82 Å². The summed E-state index contributed by atoms with van der Waals surface area (Å²) in [6, 6.07) is 0. The Bertz CT molecular complexity index is 889. The Balaban J connectivity index is 1.78. The minimum atomic E-state index is -5.52. The summed E-state index contributed by atoms with van der Waals surface area (Å²) in [4.78, 5) is 47.8. The van der Waals surface area contributed by atoms with Crippen molar-refractivity contribution in [1.82, 2.24) is 0 Å². The first-order valence-electron chi connectivity index (χ1n) is 10.4. The number of aliphatic hydroxyl groups is 2. The highest BCUT2D eigenvalue weighted by Crippen LogP contribution is 2.69. The number of ketones is 2. The van der Waals surface area contributed by atoms with E-state index in [-0.39, 0.29) is 36.4 Å². The van der Waals surface area contributed by atoms with Gasteiger partial charge in [0.1, 0.15) is 12.2 Å². The summed E-state index contributed by atoms with van der Waals surface area (Å²) in [5, 5.41) is 20.8. The maximum absolute atomic E-state index is 12.8. The van der Waals surface area contributed by atoms with E-state index >= 15 is 0 Å². The van der Waals surface area contributed by atoms with Gasteiger partial charge in [0.05, 0.1) is 13.9 Å². The molecule has 0 radical (unpaired) electrons. The van der Waals surface area contributed by atoms with Crippen LogP contribution in [0.15, 0.2) is 23.8 Å². The lowest BCUT2D eigenvalue weighted by Gasteiger charge is -2.60. The van der Waals surface area contributed by atoms with E-state index in [1.807, 2.05) is 13.0 Å². The van der Waals surface area contributed by atoms with E-state index in [9.17, 15) is 34.2 Å². The third kappa shape index (κ3) is 2.96. The molecule has 2 N–H and O–H groups in total. The Morgan fingerprint density at radius 3 is 2.67 bits per heavy atom. The minimum absolute atomic E-state index is 0.00566. The van der Waals surface area contributed by atoms with Crippen molar-refractivity contribution in [2.45, 2.75) is 57.7 Å². The number of fused-ring (bicyclic) bond motifs is 5. The number of phosphoric ester groups is 1. The first kappa shape index (κ1) is 22.1. The van der Waals surface area contributed by atoms with E-state index in [0.717, 1.165) is 5.57 Å². The Hall–Kier alpha value is -1.15. The zero-order chi connectivity index (χ0) is 22.1. The summed E-state index contributed by atoms with van der Waals surface area (Å²) in [7, 11) is -5.52. The first-order chi connectivity index (χ1) is 13.9. The van der Waals surface area contributed by atoms with Crippen molar-refractivity contribution in [3.8, 4) is 0 Å². The zero-order valence-corrected chi connectivity index (χ0v) is 18.0. The van der Waals surface area contributed by atoms with Crippen molar-refractivity contribution in [2.24, 2.45) is 28.6 Å². The second-order valence-electron chi connectivity index (χ2n) is 9.70. The van der Waals surface area contributed by atoms with Crippen LogP contribution in [0.1, 0.15) is 46.0 Å². The maximum atomic E-state index is 12.8. The molecule has 8 nitrogen and oxygen atoms in total. The van der Waals surface area contributed by atoms with E-state index in [2.05, 4.69) is 0 Å². The minimum Gasteiger partial charge on any atom is -0.790 e. The number of Topliss-reactive ketones (excluding diaryl/α,β-unsaturated/α-hetero) is 1. The third-order valence-corrected chi connectivity index (χ3v) is 9.01. The lowest BCUT2D eigenvalue weighted by atomic mass is 9.46. The number of carbonyl (C=O) groups is 2. The summed E-state index contributed by atoms with van der Waals surface area (Å²) < 4.78 is 16.5. The molecule has 3 fully saturated rings. The number of phosphoric acid groups is 1. The molecule has 9 heteroatoms. The SMILES string of the molecule is C[C@]12C=CC(=O)C=C1CC[C@@H]1[C@@H]2[C@@H](O)C[C@@]2(C)[C@H]1CC[C@]2(OP(=O)([O-])[O-])C(=O)CO. The van der Waals surface area contributed by atoms with Crippen molar-refractivity contribution < 1.29 is 38.7 Å². The fourth-order valence-electron chi connectivity index (χ4n) is 7.29. The number of hydrogen-bond acceptors (Lipinski definition) is 8. The molecule has 0 saturated heterocycles. The van der Waals surface area contributed by atoms with Crippen molar-refractivity contribution in [1.29, 1.82) is 0 Å². The molecule has 4 rings (SSSR count). The molecule has 0 unspecified atom stereocenters. The number of aliphatic hydroxyl groups excluding tert-OH is 2. The maximum Gasteiger partial charge on any atom is 0.190 e. The largest absolute Gasteiger partial charge is 0.790 e. The second kappa shape index (κ2) is 6.92. The molecule has 0 aromatic heterocycles. The van der Waals surface area contributed by atoms with Crippen molar-refractivity contribution in [3.63, 3.8) is 0 Å². The molecule has 4 aliphatic carbocycles. The molecule has 3 saturated carbocycles. The average Bonchev–Trinajstić information content (AvgIpc) is 2.92. The fourth-order valence-corrected chi connectivity index (χ4v) is 8.07. The molecule has 166 valence electrons. The van der Waals surface area contributed by atoms with E-state index < -0.39 is 42.7 Å². The average molecular weight is 438 g/mol. The number of rotatable bonds is 4. The van der Waals surface area contributed by atoms with Crippen LogP contribution in [0.5, 0.6) is 0 Å². The highest BCUT2D eigenvalue weighted by molar-refractivity contribution is 7.43. The van der Waals surface area contributed by atoms with Crippen LogP contribution in [0.3, 0.4) is 0 Å².